The van der Waals surface area contributed by atoms with E-state index in [-0.39, 0.29) is 11.9 Å². The van der Waals surface area contributed by atoms with Crippen molar-refractivity contribution in [2.45, 2.75) is 25.8 Å². The Morgan fingerprint density at radius 1 is 1.17 bits per heavy atom. The molecule has 0 bridgehead atoms. The molecule has 10 nitrogen and oxygen atoms in total. The van der Waals surface area contributed by atoms with Crippen molar-refractivity contribution in [2.75, 3.05) is 67.0 Å². The first kappa shape index (κ1) is 29.9. The number of nitrogens with one attached hydrogen (secondary N) is 2. The predicted octanol–water partition coefficient (Wildman–Crippen LogP) is 5.56. The molecule has 2 aromatic carbocycles. The number of carbonyl (C=O) groups is 1. The zero-order valence-electron chi connectivity index (χ0n) is 23.8. The van der Waals surface area contributed by atoms with E-state index in [1.807, 2.05) is 30.3 Å². The molecule has 12 heteroatoms. The van der Waals surface area contributed by atoms with E-state index in [9.17, 15) is 4.79 Å². The molecule has 222 valence electrons. The maximum atomic E-state index is 12.4. The third-order valence-electron chi connectivity index (χ3n) is 7.56. The van der Waals surface area contributed by atoms with Crippen molar-refractivity contribution < 1.29 is 14.4 Å². The third-order valence-corrected chi connectivity index (χ3v) is 8.42. The van der Waals surface area contributed by atoms with Crippen LogP contribution in [0.1, 0.15) is 18.9 Å². The number of rotatable bonds is 10. The van der Waals surface area contributed by atoms with Crippen LogP contribution in [0, 0.1) is 0 Å². The highest BCUT2D eigenvalue weighted by molar-refractivity contribution is 6.42. The Bertz CT molecular complexity index is 1430. The number of hydrogen-bond acceptors (Lipinski definition) is 9. The number of hydrogen-bond donors (Lipinski definition) is 2. The molecule has 2 aliphatic rings. The summed E-state index contributed by atoms with van der Waals surface area (Å²) in [6, 6.07) is 11.3. The second kappa shape index (κ2) is 13.6. The number of ether oxygens (including phenoxy) is 1. The van der Waals surface area contributed by atoms with Crippen LogP contribution in [0.3, 0.4) is 0 Å². The molecule has 1 amide bonds. The van der Waals surface area contributed by atoms with Crippen molar-refractivity contribution in [3.05, 3.63) is 71.0 Å². The Morgan fingerprint density at radius 3 is 2.71 bits per heavy atom. The van der Waals surface area contributed by atoms with E-state index in [1.54, 1.807) is 18.2 Å². The molecule has 2 fully saturated rings. The van der Waals surface area contributed by atoms with Crippen molar-refractivity contribution in [3.63, 3.8) is 0 Å². The molecule has 3 heterocycles. The predicted molar refractivity (Wildman–Crippen MR) is 168 cm³/mol. The largest absolute Gasteiger partial charge is 0.494 e. The van der Waals surface area contributed by atoms with Gasteiger partial charge in [0.05, 0.1) is 46.9 Å². The van der Waals surface area contributed by atoms with Crippen LogP contribution in [-0.4, -0.2) is 73.3 Å². The van der Waals surface area contributed by atoms with Gasteiger partial charge in [-0.2, -0.15) is 0 Å². The highest BCUT2D eigenvalue weighted by atomic mass is 35.5. The molecule has 2 saturated heterocycles. The lowest BCUT2D eigenvalue weighted by atomic mass is 10.0. The van der Waals surface area contributed by atoms with E-state index < -0.39 is 0 Å². The molecule has 5 rings (SSSR count). The molecule has 1 unspecified atom stereocenters. The van der Waals surface area contributed by atoms with E-state index in [2.05, 4.69) is 43.9 Å². The zero-order valence-corrected chi connectivity index (χ0v) is 25.3. The number of nitrogens with zero attached hydrogens (tertiary/aromatic N) is 5. The summed E-state index contributed by atoms with van der Waals surface area (Å²) >= 11 is 12.7. The molecule has 0 radical (unpaired) electrons. The van der Waals surface area contributed by atoms with Gasteiger partial charge < -0.3 is 25.2 Å². The van der Waals surface area contributed by atoms with E-state index >= 15 is 0 Å². The Morgan fingerprint density at radius 2 is 1.98 bits per heavy atom. The summed E-state index contributed by atoms with van der Waals surface area (Å²) in [5, 5.41) is 9.19. The first-order valence-electron chi connectivity index (χ1n) is 14.0. The van der Waals surface area contributed by atoms with E-state index in [4.69, 9.17) is 32.8 Å². The maximum Gasteiger partial charge on any atom is 0.247 e. The van der Waals surface area contributed by atoms with Crippen LogP contribution in [0.5, 0.6) is 5.75 Å². The van der Waals surface area contributed by atoms with E-state index in [0.29, 0.717) is 51.8 Å². The molecular formula is C30H35Cl2N7O3. The number of methoxy groups -OCH3 is 1. The number of piperazine rings is 1. The molecule has 3 aromatic rings. The van der Waals surface area contributed by atoms with Gasteiger partial charge >= 0.3 is 0 Å². The summed E-state index contributed by atoms with van der Waals surface area (Å²) in [5.74, 6) is 1.47. The van der Waals surface area contributed by atoms with Gasteiger partial charge in [-0.05, 0) is 43.2 Å². The number of likely N-dealkylation sites (N-methyl/N-ethyl adjacent to an activating group) is 1. The number of benzene rings is 2. The van der Waals surface area contributed by atoms with Gasteiger partial charge in [0.25, 0.3) is 0 Å². The lowest BCUT2D eigenvalue weighted by Crippen LogP contribution is -2.46. The summed E-state index contributed by atoms with van der Waals surface area (Å²) < 4.78 is 5.78. The van der Waals surface area contributed by atoms with Gasteiger partial charge in [0.15, 0.2) is 5.82 Å². The first-order chi connectivity index (χ1) is 20.4. The molecule has 0 spiro atoms. The SMILES string of the molecule is C=CC(=O)Nc1cc(Nc2cc(N3OCCC3Cc3cccc(Cl)c3Cl)ncn2)c(OC)cc1N1CCN(CC)CC1. The van der Waals surface area contributed by atoms with E-state index in [0.717, 1.165) is 50.4 Å². The fraction of sp³-hybridized carbons (Fsp3) is 0.367. The van der Waals surface area contributed by atoms with Crippen LogP contribution >= 0.6 is 23.2 Å². The van der Waals surface area contributed by atoms with Crippen LogP contribution in [-0.2, 0) is 16.1 Å². The maximum absolute atomic E-state index is 12.4. The number of aromatic nitrogens is 2. The zero-order chi connectivity index (χ0) is 29.6. The summed E-state index contributed by atoms with van der Waals surface area (Å²) in [6.45, 7) is 10.9. The minimum Gasteiger partial charge on any atom is -0.494 e. The van der Waals surface area contributed by atoms with Gasteiger partial charge in [-0.25, -0.2) is 15.0 Å². The highest BCUT2D eigenvalue weighted by Gasteiger charge is 2.29. The first-order valence-corrected chi connectivity index (χ1v) is 14.7. The van der Waals surface area contributed by atoms with Gasteiger partial charge in [-0.15, -0.1) is 0 Å². The molecule has 1 atom stereocenters. The van der Waals surface area contributed by atoms with Crippen molar-refractivity contribution >= 4 is 57.8 Å². The quantitative estimate of drug-likeness (QED) is 0.286. The summed E-state index contributed by atoms with van der Waals surface area (Å²) in [6.07, 6.45) is 4.21. The number of hydroxylamine groups is 1. The number of amides is 1. The number of halogens is 2. The fourth-order valence-electron chi connectivity index (χ4n) is 5.27. The molecular weight excluding hydrogens is 577 g/mol. The number of carbonyl (C=O) groups excluding carboxylic acids is 1. The van der Waals surface area contributed by atoms with Gasteiger partial charge in [-0.1, -0.05) is 48.8 Å². The lowest BCUT2D eigenvalue weighted by Gasteiger charge is -2.36. The minimum absolute atomic E-state index is 0.0198. The van der Waals surface area contributed by atoms with Gasteiger partial charge in [0.2, 0.25) is 5.91 Å². The molecule has 42 heavy (non-hydrogen) atoms. The Balaban J connectivity index is 1.40. The molecule has 0 aliphatic carbocycles. The van der Waals surface area contributed by atoms with Gasteiger partial charge in [0.1, 0.15) is 17.9 Å². The average Bonchev–Trinajstić information content (AvgIpc) is 3.48. The average molecular weight is 613 g/mol. The third kappa shape index (κ3) is 6.73. The standard InChI is InChI=1S/C30H35Cl2N7O3/c1-4-29(40)36-23-16-24(26(41-3)17-25(23)38-12-10-37(5-2)11-13-38)35-27-18-28(34-19-33-27)39-21(9-14-42-39)15-20-7-6-8-22(31)30(20)32/h4,6-8,16-19,21H,1,5,9-15H2,2-3H3,(H,36,40)(H,33,34,35). The van der Waals surface area contributed by atoms with Crippen LogP contribution in [0.25, 0.3) is 0 Å². The van der Waals surface area contributed by atoms with Crippen molar-refractivity contribution in [3.8, 4) is 5.75 Å². The molecule has 2 N–H and O–H groups in total. The van der Waals surface area contributed by atoms with E-state index in [1.165, 1.54) is 12.4 Å². The highest BCUT2D eigenvalue weighted by Crippen LogP contribution is 2.39. The normalized spacial score (nSPS) is 17.3. The van der Waals surface area contributed by atoms with Crippen molar-refractivity contribution in [2.24, 2.45) is 0 Å². The number of anilines is 5. The smallest absolute Gasteiger partial charge is 0.247 e. The summed E-state index contributed by atoms with van der Waals surface area (Å²) in [4.78, 5) is 31.9. The second-order valence-corrected chi connectivity index (χ2v) is 10.9. The van der Waals surface area contributed by atoms with Gasteiger partial charge in [0, 0.05) is 38.3 Å². The van der Waals surface area contributed by atoms with Crippen molar-refractivity contribution in [1.29, 1.82) is 0 Å². The summed E-state index contributed by atoms with van der Waals surface area (Å²) in [7, 11) is 1.62. The van der Waals surface area contributed by atoms with Gasteiger partial charge in [-0.3, -0.25) is 9.63 Å². The molecule has 0 saturated carbocycles. The Kier molecular flexibility index (Phi) is 9.69. The topological polar surface area (TPSA) is 95.1 Å². The van der Waals surface area contributed by atoms with Crippen LogP contribution in [0.15, 0.2) is 55.4 Å². The Labute approximate surface area is 256 Å². The Hall–Kier alpha value is -3.57. The monoisotopic (exact) mass is 611 g/mol. The lowest BCUT2D eigenvalue weighted by molar-refractivity contribution is -0.111. The molecule has 2 aliphatic heterocycles. The van der Waals surface area contributed by atoms with Crippen LogP contribution in [0.4, 0.5) is 28.7 Å². The summed E-state index contributed by atoms with van der Waals surface area (Å²) in [5.41, 5.74) is 3.14. The van der Waals surface area contributed by atoms with Crippen LogP contribution < -0.4 is 25.3 Å². The van der Waals surface area contributed by atoms with Crippen molar-refractivity contribution in [1.82, 2.24) is 14.9 Å². The fourth-order valence-corrected chi connectivity index (χ4v) is 5.67. The second-order valence-electron chi connectivity index (χ2n) is 10.1. The molecule has 1 aromatic heterocycles. The van der Waals surface area contributed by atoms with Crippen LogP contribution in [0.2, 0.25) is 10.0 Å². The minimum atomic E-state index is -0.291.